The van der Waals surface area contributed by atoms with Crippen LogP contribution in [0.3, 0.4) is 0 Å². The predicted molar refractivity (Wildman–Crippen MR) is 120 cm³/mol. The molecule has 0 radical (unpaired) electrons. The molecule has 0 aliphatic carbocycles. The number of carbonyl (C=O) groups excluding carboxylic acids is 2. The molecule has 1 unspecified atom stereocenters. The molecular formula is C25H24F3N3O3. The SMILES string of the molecule is CC1=C(C(=O)OCCN(C)C)C(c2ccc(C#N)cc2)CC(=O)N1c1cccc(C(F)(F)F)c1. The highest BCUT2D eigenvalue weighted by Crippen LogP contribution is 2.40. The number of amides is 1. The van der Waals surface area contributed by atoms with E-state index >= 15 is 0 Å². The van der Waals surface area contributed by atoms with Crippen LogP contribution in [0.2, 0.25) is 0 Å². The van der Waals surface area contributed by atoms with E-state index in [-0.39, 0.29) is 30.0 Å². The first-order valence-electron chi connectivity index (χ1n) is 10.6. The third-order valence-electron chi connectivity index (χ3n) is 5.57. The summed E-state index contributed by atoms with van der Waals surface area (Å²) in [5.41, 5.74) is 0.589. The second-order valence-corrected chi connectivity index (χ2v) is 8.21. The third-order valence-corrected chi connectivity index (χ3v) is 5.57. The first-order valence-corrected chi connectivity index (χ1v) is 10.6. The zero-order valence-corrected chi connectivity index (χ0v) is 19.0. The number of nitrogens with zero attached hydrogens (tertiary/aromatic N) is 3. The summed E-state index contributed by atoms with van der Waals surface area (Å²) in [6.07, 6.45) is -4.72. The number of esters is 1. The Hall–Kier alpha value is -3.64. The molecule has 178 valence electrons. The quantitative estimate of drug-likeness (QED) is 0.581. The molecule has 0 N–H and O–H groups in total. The van der Waals surface area contributed by atoms with Gasteiger partial charge in [-0.25, -0.2) is 4.79 Å². The average molecular weight is 471 g/mol. The maximum Gasteiger partial charge on any atom is 0.416 e. The summed E-state index contributed by atoms with van der Waals surface area (Å²) in [5, 5.41) is 9.07. The Kier molecular flexibility index (Phi) is 7.42. The summed E-state index contributed by atoms with van der Waals surface area (Å²) < 4.78 is 45.3. The summed E-state index contributed by atoms with van der Waals surface area (Å²) in [7, 11) is 3.65. The first-order chi connectivity index (χ1) is 16.0. The van der Waals surface area contributed by atoms with Crippen LogP contribution in [0.5, 0.6) is 0 Å². The average Bonchev–Trinajstić information content (AvgIpc) is 2.78. The van der Waals surface area contributed by atoms with E-state index in [2.05, 4.69) is 0 Å². The van der Waals surface area contributed by atoms with Gasteiger partial charge in [0.2, 0.25) is 5.91 Å². The molecule has 1 heterocycles. The minimum absolute atomic E-state index is 0.0224. The highest BCUT2D eigenvalue weighted by molar-refractivity contribution is 6.04. The van der Waals surface area contributed by atoms with E-state index < -0.39 is 29.5 Å². The van der Waals surface area contributed by atoms with Gasteiger partial charge in [-0.3, -0.25) is 9.69 Å². The molecule has 1 aliphatic heterocycles. The number of hydrogen-bond donors (Lipinski definition) is 0. The van der Waals surface area contributed by atoms with E-state index in [0.29, 0.717) is 17.7 Å². The van der Waals surface area contributed by atoms with Gasteiger partial charge < -0.3 is 9.64 Å². The van der Waals surface area contributed by atoms with Crippen molar-refractivity contribution in [2.24, 2.45) is 0 Å². The molecule has 0 spiro atoms. The summed E-state index contributed by atoms with van der Waals surface area (Å²) >= 11 is 0. The number of likely N-dealkylation sites (N-methyl/N-ethyl adjacent to an activating group) is 1. The molecule has 3 rings (SSSR count). The molecule has 34 heavy (non-hydrogen) atoms. The maximum atomic E-state index is 13.3. The number of benzene rings is 2. The number of halogens is 3. The van der Waals surface area contributed by atoms with Crippen LogP contribution in [0.15, 0.2) is 59.8 Å². The number of ether oxygens (including phenoxy) is 1. The highest BCUT2D eigenvalue weighted by atomic mass is 19.4. The molecular weight excluding hydrogens is 447 g/mol. The van der Waals surface area contributed by atoms with Crippen LogP contribution < -0.4 is 4.90 Å². The molecule has 1 atom stereocenters. The summed E-state index contributed by atoms with van der Waals surface area (Å²) in [6.45, 7) is 2.12. The van der Waals surface area contributed by atoms with Gasteiger partial charge in [0, 0.05) is 30.3 Å². The van der Waals surface area contributed by atoms with Crippen LogP contribution in [0, 0.1) is 11.3 Å². The number of alkyl halides is 3. The molecule has 2 aromatic rings. The normalized spacial score (nSPS) is 16.6. The monoisotopic (exact) mass is 471 g/mol. The van der Waals surface area contributed by atoms with Crippen molar-refractivity contribution in [3.05, 3.63) is 76.5 Å². The molecule has 1 amide bonds. The Morgan fingerprint density at radius 2 is 1.88 bits per heavy atom. The lowest BCUT2D eigenvalue weighted by molar-refractivity contribution is -0.140. The number of hydrogen-bond acceptors (Lipinski definition) is 5. The van der Waals surface area contributed by atoms with E-state index in [1.807, 2.05) is 25.1 Å². The van der Waals surface area contributed by atoms with Crippen LogP contribution in [0.25, 0.3) is 0 Å². The lowest BCUT2D eigenvalue weighted by Crippen LogP contribution is -2.39. The van der Waals surface area contributed by atoms with Gasteiger partial charge in [-0.2, -0.15) is 18.4 Å². The number of carbonyl (C=O) groups is 2. The fourth-order valence-corrected chi connectivity index (χ4v) is 3.85. The lowest BCUT2D eigenvalue weighted by atomic mass is 9.83. The van der Waals surface area contributed by atoms with Crippen molar-refractivity contribution in [3.63, 3.8) is 0 Å². The van der Waals surface area contributed by atoms with Gasteiger partial charge in [0.25, 0.3) is 0 Å². The molecule has 9 heteroatoms. The molecule has 2 aromatic carbocycles. The van der Waals surface area contributed by atoms with Crippen LogP contribution in [0.1, 0.15) is 36.0 Å². The summed E-state index contributed by atoms with van der Waals surface area (Å²) in [4.78, 5) is 29.3. The summed E-state index contributed by atoms with van der Waals surface area (Å²) in [6, 6.07) is 12.9. The van der Waals surface area contributed by atoms with E-state index in [9.17, 15) is 22.8 Å². The van der Waals surface area contributed by atoms with Crippen molar-refractivity contribution >= 4 is 17.6 Å². The molecule has 0 aromatic heterocycles. The topological polar surface area (TPSA) is 73.6 Å². The minimum Gasteiger partial charge on any atom is -0.461 e. The van der Waals surface area contributed by atoms with Crippen molar-refractivity contribution in [2.75, 3.05) is 32.1 Å². The fraction of sp³-hybridized carbons (Fsp3) is 0.320. The zero-order chi connectivity index (χ0) is 25.0. The number of anilines is 1. The smallest absolute Gasteiger partial charge is 0.416 e. The van der Waals surface area contributed by atoms with Crippen LogP contribution in [-0.4, -0.2) is 44.0 Å². The Bertz CT molecular complexity index is 1150. The predicted octanol–water partition coefficient (Wildman–Crippen LogP) is 4.48. The largest absolute Gasteiger partial charge is 0.461 e. The maximum absolute atomic E-state index is 13.3. The van der Waals surface area contributed by atoms with Crippen molar-refractivity contribution in [3.8, 4) is 6.07 Å². The van der Waals surface area contributed by atoms with Crippen LogP contribution >= 0.6 is 0 Å². The van der Waals surface area contributed by atoms with Crippen LogP contribution in [-0.2, 0) is 20.5 Å². The van der Waals surface area contributed by atoms with Crippen LogP contribution in [0.4, 0.5) is 18.9 Å². The van der Waals surface area contributed by atoms with Gasteiger partial charge in [0.1, 0.15) is 6.61 Å². The lowest BCUT2D eigenvalue weighted by Gasteiger charge is -2.34. The van der Waals surface area contributed by atoms with Gasteiger partial charge in [0.15, 0.2) is 0 Å². The van der Waals surface area contributed by atoms with Gasteiger partial charge in [-0.15, -0.1) is 0 Å². The second kappa shape index (κ2) is 10.1. The number of allylic oxidation sites excluding steroid dienone is 1. The van der Waals surface area contributed by atoms with E-state index in [1.165, 1.54) is 19.1 Å². The van der Waals surface area contributed by atoms with Gasteiger partial charge in [-0.05, 0) is 56.9 Å². The van der Waals surface area contributed by atoms with E-state index in [4.69, 9.17) is 10.00 Å². The van der Waals surface area contributed by atoms with Gasteiger partial charge in [0.05, 0.1) is 22.8 Å². The van der Waals surface area contributed by atoms with E-state index in [0.717, 1.165) is 17.0 Å². The molecule has 0 saturated heterocycles. The molecule has 1 aliphatic rings. The highest BCUT2D eigenvalue weighted by Gasteiger charge is 2.38. The number of rotatable bonds is 6. The van der Waals surface area contributed by atoms with Crippen molar-refractivity contribution in [2.45, 2.75) is 25.4 Å². The standard InChI is InChI=1S/C25H24F3N3O3/c1-16-23(24(33)34-12-11-30(2)3)21(18-9-7-17(15-29)8-10-18)14-22(32)31(16)20-6-4-5-19(13-20)25(26,27)28/h4-10,13,21H,11-12,14H2,1-3H3. The van der Waals surface area contributed by atoms with Crippen molar-refractivity contribution < 1.29 is 27.5 Å². The molecule has 0 fully saturated rings. The molecule has 0 saturated carbocycles. The zero-order valence-electron chi connectivity index (χ0n) is 19.0. The van der Waals surface area contributed by atoms with Crippen molar-refractivity contribution in [1.29, 1.82) is 5.26 Å². The van der Waals surface area contributed by atoms with E-state index in [1.54, 1.807) is 24.3 Å². The number of nitriles is 1. The minimum atomic E-state index is -4.58. The second-order valence-electron chi connectivity index (χ2n) is 8.21. The molecule has 0 bridgehead atoms. The van der Waals surface area contributed by atoms with Gasteiger partial charge in [-0.1, -0.05) is 18.2 Å². The Morgan fingerprint density at radius 3 is 2.47 bits per heavy atom. The Labute approximate surface area is 195 Å². The van der Waals surface area contributed by atoms with Gasteiger partial charge >= 0.3 is 12.1 Å². The Morgan fingerprint density at radius 1 is 1.21 bits per heavy atom. The molecule has 6 nitrogen and oxygen atoms in total. The Balaban J connectivity index is 2.08. The van der Waals surface area contributed by atoms with Crippen molar-refractivity contribution in [1.82, 2.24) is 4.90 Å². The first kappa shape index (κ1) is 25.0. The third kappa shape index (κ3) is 5.46. The fourth-order valence-electron chi connectivity index (χ4n) is 3.85. The summed E-state index contributed by atoms with van der Waals surface area (Å²) in [5.74, 6) is -1.75.